The zero-order chi connectivity index (χ0) is 15.6. The molecule has 2 rings (SSSR count). The van der Waals surface area contributed by atoms with Gasteiger partial charge in [-0.05, 0) is 37.1 Å². The van der Waals surface area contributed by atoms with Crippen LogP contribution in [0.5, 0.6) is 0 Å². The van der Waals surface area contributed by atoms with E-state index in [1.807, 2.05) is 0 Å². The van der Waals surface area contributed by atoms with Gasteiger partial charge in [-0.3, -0.25) is 0 Å². The maximum Gasteiger partial charge on any atom is 0.416 e. The third-order valence-electron chi connectivity index (χ3n) is 3.44. The molecule has 0 bridgehead atoms. The van der Waals surface area contributed by atoms with E-state index in [9.17, 15) is 18.0 Å². The number of carbonyl (C=O) groups is 1. The molecule has 116 valence electrons. The normalized spacial score (nSPS) is 18.9. The fourth-order valence-electron chi connectivity index (χ4n) is 2.20. The smallest absolute Gasteiger partial charge is 0.330 e. The largest absolute Gasteiger partial charge is 0.416 e. The lowest BCUT2D eigenvalue weighted by Gasteiger charge is -2.18. The fraction of sp³-hybridized carbons (Fsp3) is 0.462. The monoisotopic (exact) mass is 321 g/mol. The Morgan fingerprint density at radius 2 is 2.19 bits per heavy atom. The number of nitrogens with one attached hydrogen (secondary N) is 1. The van der Waals surface area contributed by atoms with Gasteiger partial charge in [0.25, 0.3) is 0 Å². The summed E-state index contributed by atoms with van der Waals surface area (Å²) in [5.74, 6) is 0.229. The highest BCUT2D eigenvalue weighted by molar-refractivity contribution is 6.33. The molecule has 2 amide bonds. The van der Waals surface area contributed by atoms with Gasteiger partial charge < -0.3 is 16.0 Å². The van der Waals surface area contributed by atoms with Crippen LogP contribution in [-0.4, -0.2) is 30.6 Å². The van der Waals surface area contributed by atoms with E-state index >= 15 is 0 Å². The number of benzene rings is 1. The molecule has 1 fully saturated rings. The summed E-state index contributed by atoms with van der Waals surface area (Å²) in [5.41, 5.74) is 4.63. The molecule has 0 spiro atoms. The number of alkyl halides is 3. The predicted molar refractivity (Wildman–Crippen MR) is 74.2 cm³/mol. The number of nitrogens with two attached hydrogens (primary N) is 1. The van der Waals surface area contributed by atoms with Gasteiger partial charge >= 0.3 is 12.2 Å². The number of anilines is 1. The van der Waals surface area contributed by atoms with Gasteiger partial charge in [-0.15, -0.1) is 0 Å². The van der Waals surface area contributed by atoms with Gasteiger partial charge in [-0.1, -0.05) is 11.6 Å². The molecular formula is C13H15ClF3N3O. The number of urea groups is 1. The number of nitrogens with zero attached hydrogens (tertiary/aromatic N) is 1. The molecule has 8 heteroatoms. The van der Waals surface area contributed by atoms with E-state index < -0.39 is 17.8 Å². The lowest BCUT2D eigenvalue weighted by molar-refractivity contribution is -0.137. The Balaban J connectivity index is 2.10. The van der Waals surface area contributed by atoms with Gasteiger partial charge in [0.15, 0.2) is 0 Å². The van der Waals surface area contributed by atoms with E-state index in [0.29, 0.717) is 19.6 Å². The molecule has 4 nitrogen and oxygen atoms in total. The minimum atomic E-state index is -4.48. The molecule has 1 heterocycles. The van der Waals surface area contributed by atoms with Crippen LogP contribution in [-0.2, 0) is 6.18 Å². The standard InChI is InChI=1S/C13H15ClF3N3O/c14-10-2-1-9(13(15,16)17)5-11(10)19-12(21)20-4-3-8(6-18)7-20/h1-2,5,8H,3-4,6-7,18H2,(H,19,21). The van der Waals surface area contributed by atoms with Crippen molar-refractivity contribution in [2.45, 2.75) is 12.6 Å². The quantitative estimate of drug-likeness (QED) is 0.879. The molecule has 0 aliphatic carbocycles. The van der Waals surface area contributed by atoms with Gasteiger partial charge in [0.2, 0.25) is 0 Å². The minimum Gasteiger partial charge on any atom is -0.330 e. The molecule has 1 aromatic carbocycles. The molecule has 0 saturated carbocycles. The van der Waals surface area contributed by atoms with E-state index in [4.69, 9.17) is 17.3 Å². The van der Waals surface area contributed by atoms with Crippen molar-refractivity contribution in [3.8, 4) is 0 Å². The van der Waals surface area contributed by atoms with Crippen molar-refractivity contribution in [3.63, 3.8) is 0 Å². The SMILES string of the molecule is NCC1CCN(C(=O)Nc2cc(C(F)(F)F)ccc2Cl)C1. The summed E-state index contributed by atoms with van der Waals surface area (Å²) in [5, 5.41) is 2.48. The Bertz CT molecular complexity index is 536. The van der Waals surface area contributed by atoms with Crippen molar-refractivity contribution < 1.29 is 18.0 Å². The summed E-state index contributed by atoms with van der Waals surface area (Å²) < 4.78 is 38.0. The van der Waals surface area contributed by atoms with Crippen molar-refractivity contribution >= 4 is 23.3 Å². The topological polar surface area (TPSA) is 58.4 Å². The van der Waals surface area contributed by atoms with Crippen LogP contribution in [0.1, 0.15) is 12.0 Å². The molecule has 3 N–H and O–H groups in total. The number of halogens is 4. The Hall–Kier alpha value is -1.47. The lowest BCUT2D eigenvalue weighted by Crippen LogP contribution is -2.33. The van der Waals surface area contributed by atoms with Crippen molar-refractivity contribution in [3.05, 3.63) is 28.8 Å². The highest BCUT2D eigenvalue weighted by atomic mass is 35.5. The van der Waals surface area contributed by atoms with Gasteiger partial charge in [-0.25, -0.2) is 4.79 Å². The van der Waals surface area contributed by atoms with Crippen LogP contribution in [0.3, 0.4) is 0 Å². The first-order chi connectivity index (χ1) is 9.81. The van der Waals surface area contributed by atoms with Crippen LogP contribution in [0.4, 0.5) is 23.7 Å². The fourth-order valence-corrected chi connectivity index (χ4v) is 2.37. The summed E-state index contributed by atoms with van der Waals surface area (Å²) in [7, 11) is 0. The van der Waals surface area contributed by atoms with Gasteiger partial charge in [0.05, 0.1) is 16.3 Å². The van der Waals surface area contributed by atoms with Gasteiger partial charge in [0.1, 0.15) is 0 Å². The second-order valence-corrected chi connectivity index (χ2v) is 5.37. The second kappa shape index (κ2) is 6.11. The van der Waals surface area contributed by atoms with Crippen molar-refractivity contribution in [2.75, 3.05) is 25.0 Å². The third kappa shape index (κ3) is 3.79. The summed E-state index contributed by atoms with van der Waals surface area (Å²) in [6.07, 6.45) is -3.69. The predicted octanol–water partition coefficient (Wildman–Crippen LogP) is 3.17. The van der Waals surface area contributed by atoms with Crippen LogP contribution in [0.25, 0.3) is 0 Å². The van der Waals surface area contributed by atoms with Gasteiger partial charge in [-0.2, -0.15) is 13.2 Å². The molecule has 1 aromatic rings. The van der Waals surface area contributed by atoms with E-state index in [0.717, 1.165) is 24.6 Å². The zero-order valence-electron chi connectivity index (χ0n) is 11.1. The number of hydrogen-bond acceptors (Lipinski definition) is 2. The summed E-state index contributed by atoms with van der Waals surface area (Å²) in [4.78, 5) is 13.5. The third-order valence-corrected chi connectivity index (χ3v) is 3.77. The highest BCUT2D eigenvalue weighted by Crippen LogP contribution is 2.34. The molecule has 1 saturated heterocycles. The Morgan fingerprint density at radius 3 is 2.76 bits per heavy atom. The molecule has 0 aromatic heterocycles. The summed E-state index contributed by atoms with van der Waals surface area (Å²) in [6.45, 7) is 1.51. The number of likely N-dealkylation sites (tertiary alicyclic amines) is 1. The first-order valence-electron chi connectivity index (χ1n) is 6.44. The van der Waals surface area contributed by atoms with E-state index in [1.165, 1.54) is 4.90 Å². The molecule has 1 atom stereocenters. The number of rotatable bonds is 2. The number of amides is 2. The Labute approximate surface area is 125 Å². The summed E-state index contributed by atoms with van der Waals surface area (Å²) >= 11 is 5.83. The Morgan fingerprint density at radius 1 is 1.48 bits per heavy atom. The van der Waals surface area contributed by atoms with Crippen molar-refractivity contribution in [1.82, 2.24) is 4.90 Å². The molecule has 0 radical (unpaired) electrons. The lowest BCUT2D eigenvalue weighted by atomic mass is 10.1. The molecule has 1 unspecified atom stereocenters. The van der Waals surface area contributed by atoms with Crippen LogP contribution in [0.15, 0.2) is 18.2 Å². The maximum atomic E-state index is 12.7. The van der Waals surface area contributed by atoms with Gasteiger partial charge in [0, 0.05) is 13.1 Å². The van der Waals surface area contributed by atoms with Crippen LogP contribution in [0.2, 0.25) is 5.02 Å². The molecule has 21 heavy (non-hydrogen) atoms. The van der Waals surface area contributed by atoms with Crippen molar-refractivity contribution in [2.24, 2.45) is 11.7 Å². The first kappa shape index (κ1) is 15.9. The average Bonchev–Trinajstić information content (AvgIpc) is 2.88. The maximum absolute atomic E-state index is 12.7. The minimum absolute atomic E-state index is 0.0484. The van der Waals surface area contributed by atoms with Crippen LogP contribution in [0, 0.1) is 5.92 Å². The van der Waals surface area contributed by atoms with Crippen molar-refractivity contribution in [1.29, 1.82) is 0 Å². The average molecular weight is 322 g/mol. The zero-order valence-corrected chi connectivity index (χ0v) is 11.8. The van der Waals surface area contributed by atoms with Crippen LogP contribution >= 0.6 is 11.6 Å². The van der Waals surface area contributed by atoms with E-state index in [-0.39, 0.29) is 16.6 Å². The number of hydrogen-bond donors (Lipinski definition) is 2. The molecule has 1 aliphatic rings. The molecule has 1 aliphatic heterocycles. The van der Waals surface area contributed by atoms with Crippen LogP contribution < -0.4 is 11.1 Å². The van der Waals surface area contributed by atoms with E-state index in [1.54, 1.807) is 0 Å². The molecular weight excluding hydrogens is 307 g/mol. The van der Waals surface area contributed by atoms with E-state index in [2.05, 4.69) is 5.32 Å². The second-order valence-electron chi connectivity index (χ2n) is 4.96. The number of carbonyl (C=O) groups excluding carboxylic acids is 1. The first-order valence-corrected chi connectivity index (χ1v) is 6.82. The summed E-state index contributed by atoms with van der Waals surface area (Å²) in [6, 6.07) is 2.36. The Kier molecular flexibility index (Phi) is 4.63. The highest BCUT2D eigenvalue weighted by Gasteiger charge is 2.31.